The van der Waals surface area contributed by atoms with E-state index in [1.165, 1.54) is 37.9 Å². The van der Waals surface area contributed by atoms with Gasteiger partial charge in [0, 0.05) is 50.7 Å². The van der Waals surface area contributed by atoms with Gasteiger partial charge in [-0.2, -0.15) is 0 Å². The maximum atomic E-state index is 13.2. The third kappa shape index (κ3) is 8.10. The molecule has 0 spiro atoms. The highest BCUT2D eigenvalue weighted by molar-refractivity contribution is 5.74. The molecule has 8 heteroatoms. The molecule has 2 amide bonds. The quantitative estimate of drug-likeness (QED) is 0.652. The number of nitrogens with one attached hydrogen (secondary N) is 1. The number of aromatic nitrogens is 2. The summed E-state index contributed by atoms with van der Waals surface area (Å²) in [5.41, 5.74) is 8.16. The second-order valence-electron chi connectivity index (χ2n) is 9.92. The van der Waals surface area contributed by atoms with Crippen LogP contribution >= 0.6 is 0 Å². The van der Waals surface area contributed by atoms with Gasteiger partial charge in [0.05, 0.1) is 0 Å². The molecule has 0 saturated carbocycles. The van der Waals surface area contributed by atoms with E-state index in [-0.39, 0.29) is 12.1 Å². The van der Waals surface area contributed by atoms with Gasteiger partial charge in [-0.3, -0.25) is 0 Å². The summed E-state index contributed by atoms with van der Waals surface area (Å²) in [5.74, 6) is 0.744. The fourth-order valence-corrected chi connectivity index (χ4v) is 5.24. The Morgan fingerprint density at radius 1 is 1.18 bits per heavy atom. The molecular formula is C25H45N7O. The van der Waals surface area contributed by atoms with E-state index in [1.54, 1.807) is 0 Å². The van der Waals surface area contributed by atoms with Gasteiger partial charge < -0.3 is 25.8 Å². The molecule has 8 nitrogen and oxygen atoms in total. The highest BCUT2D eigenvalue weighted by Gasteiger charge is 2.24. The zero-order valence-electron chi connectivity index (χ0n) is 21.1. The first-order valence-electron chi connectivity index (χ1n) is 13.1. The maximum Gasteiger partial charge on any atom is 0.317 e. The van der Waals surface area contributed by atoms with E-state index in [0.717, 1.165) is 70.6 Å². The van der Waals surface area contributed by atoms with Gasteiger partial charge in [-0.25, -0.2) is 14.8 Å². The van der Waals surface area contributed by atoms with Crippen LogP contribution in [0.4, 0.5) is 10.7 Å². The van der Waals surface area contributed by atoms with Crippen LogP contribution in [0.2, 0.25) is 0 Å². The maximum absolute atomic E-state index is 13.2. The number of fused-ring (bicyclic) bond motifs is 1. The predicted octanol–water partition coefficient (Wildman–Crippen LogP) is 2.78. The van der Waals surface area contributed by atoms with Crippen molar-refractivity contribution in [2.45, 2.75) is 71.8 Å². The standard InChI is InChI=1S/C25H45N7O/c1-4-10-31-13-9-21-18-27-24(26)29-23(21)17-20(3)16-22(19-31)28-25(33)32(5-2)15-14-30-11-7-6-8-12-30/h18,20,22H,4-17,19H2,1-3H3,(H,28,33)(H2,26,27,29)/t20-,22+/m1/s1. The summed E-state index contributed by atoms with van der Waals surface area (Å²) in [6, 6.07) is 0.205. The lowest BCUT2D eigenvalue weighted by Crippen LogP contribution is -2.51. The molecule has 2 atom stereocenters. The Labute approximate surface area is 200 Å². The van der Waals surface area contributed by atoms with E-state index in [9.17, 15) is 4.79 Å². The van der Waals surface area contributed by atoms with Gasteiger partial charge in [-0.05, 0) is 76.6 Å². The van der Waals surface area contributed by atoms with E-state index in [4.69, 9.17) is 5.73 Å². The molecule has 0 unspecified atom stereocenters. The Morgan fingerprint density at radius 2 is 1.97 bits per heavy atom. The number of nitrogen functional groups attached to an aromatic ring is 1. The van der Waals surface area contributed by atoms with Crippen LogP contribution in [0.5, 0.6) is 0 Å². The minimum absolute atomic E-state index is 0.0761. The number of hydrogen-bond donors (Lipinski definition) is 2. The lowest BCUT2D eigenvalue weighted by molar-refractivity contribution is 0.165. The number of carbonyl (C=O) groups excluding carboxylic acids is 1. The van der Waals surface area contributed by atoms with Gasteiger partial charge in [0.25, 0.3) is 0 Å². The number of carbonyl (C=O) groups is 1. The summed E-state index contributed by atoms with van der Waals surface area (Å²) >= 11 is 0. The summed E-state index contributed by atoms with van der Waals surface area (Å²) in [5, 5.41) is 3.40. The number of anilines is 1. The summed E-state index contributed by atoms with van der Waals surface area (Å²) in [7, 11) is 0. The number of likely N-dealkylation sites (N-methyl/N-ethyl adjacent to an activating group) is 1. The average Bonchev–Trinajstić information content (AvgIpc) is 2.79. The molecule has 0 radical (unpaired) electrons. The van der Waals surface area contributed by atoms with E-state index >= 15 is 0 Å². The Bertz CT molecular complexity index is 737. The molecule has 0 bridgehead atoms. The van der Waals surface area contributed by atoms with Crippen molar-refractivity contribution in [3.05, 3.63) is 17.5 Å². The largest absolute Gasteiger partial charge is 0.368 e. The van der Waals surface area contributed by atoms with Crippen LogP contribution < -0.4 is 11.1 Å². The molecule has 1 saturated heterocycles. The molecule has 2 aliphatic heterocycles. The molecule has 0 aromatic carbocycles. The average molecular weight is 460 g/mol. The second kappa shape index (κ2) is 13.1. The number of likely N-dealkylation sites (tertiary alicyclic amines) is 1. The number of urea groups is 1. The van der Waals surface area contributed by atoms with Crippen molar-refractivity contribution < 1.29 is 4.79 Å². The molecule has 1 fully saturated rings. The summed E-state index contributed by atoms with van der Waals surface area (Å²) in [4.78, 5) is 29.0. The minimum Gasteiger partial charge on any atom is -0.368 e. The zero-order valence-corrected chi connectivity index (χ0v) is 21.1. The Hall–Kier alpha value is -1.93. The lowest BCUT2D eigenvalue weighted by atomic mass is 9.93. The Kier molecular flexibility index (Phi) is 10.2. The van der Waals surface area contributed by atoms with Crippen LogP contribution in [0.25, 0.3) is 0 Å². The zero-order chi connectivity index (χ0) is 23.6. The first-order chi connectivity index (χ1) is 16.0. The van der Waals surface area contributed by atoms with Crippen molar-refractivity contribution in [2.75, 3.05) is 58.1 Å². The van der Waals surface area contributed by atoms with Gasteiger partial charge in [0.15, 0.2) is 0 Å². The Balaban J connectivity index is 1.64. The number of amides is 2. The van der Waals surface area contributed by atoms with Gasteiger partial charge in [0.2, 0.25) is 5.95 Å². The number of nitrogens with two attached hydrogens (primary N) is 1. The van der Waals surface area contributed by atoms with Crippen molar-refractivity contribution in [1.82, 2.24) is 30.0 Å². The Morgan fingerprint density at radius 3 is 2.70 bits per heavy atom. The van der Waals surface area contributed by atoms with Crippen LogP contribution in [-0.2, 0) is 12.8 Å². The van der Waals surface area contributed by atoms with Crippen molar-refractivity contribution in [2.24, 2.45) is 5.92 Å². The number of hydrogen-bond acceptors (Lipinski definition) is 6. The highest BCUT2D eigenvalue weighted by atomic mass is 16.2. The number of nitrogens with zero attached hydrogens (tertiary/aromatic N) is 5. The smallest absolute Gasteiger partial charge is 0.317 e. The first-order valence-corrected chi connectivity index (χ1v) is 13.1. The predicted molar refractivity (Wildman–Crippen MR) is 134 cm³/mol. The molecule has 33 heavy (non-hydrogen) atoms. The van der Waals surface area contributed by atoms with Crippen molar-refractivity contribution >= 4 is 12.0 Å². The first kappa shape index (κ1) is 25.7. The molecule has 2 aliphatic rings. The van der Waals surface area contributed by atoms with E-state index < -0.39 is 0 Å². The van der Waals surface area contributed by atoms with Crippen LogP contribution in [0, 0.1) is 5.92 Å². The SMILES string of the molecule is CCCN1CCc2cnc(N)nc2C[C@H](C)C[C@H](NC(=O)N(CC)CCN2CCCCC2)C1. The normalized spacial score (nSPS) is 23.0. The second-order valence-corrected chi connectivity index (χ2v) is 9.92. The third-order valence-electron chi connectivity index (χ3n) is 7.05. The molecule has 0 aliphatic carbocycles. The lowest BCUT2D eigenvalue weighted by Gasteiger charge is -2.33. The van der Waals surface area contributed by atoms with Gasteiger partial charge >= 0.3 is 6.03 Å². The molecular weight excluding hydrogens is 414 g/mol. The molecule has 3 N–H and O–H groups in total. The molecule has 3 rings (SSSR count). The topological polar surface area (TPSA) is 90.6 Å². The van der Waals surface area contributed by atoms with Gasteiger partial charge in [-0.15, -0.1) is 0 Å². The monoisotopic (exact) mass is 459 g/mol. The van der Waals surface area contributed by atoms with Crippen LogP contribution in [0.15, 0.2) is 6.20 Å². The van der Waals surface area contributed by atoms with E-state index in [1.807, 2.05) is 11.1 Å². The molecule has 1 aromatic rings. The molecule has 186 valence electrons. The fourth-order valence-electron chi connectivity index (χ4n) is 5.24. The van der Waals surface area contributed by atoms with Gasteiger partial charge in [-0.1, -0.05) is 20.3 Å². The van der Waals surface area contributed by atoms with Gasteiger partial charge in [0.1, 0.15) is 0 Å². The number of rotatable bonds is 7. The van der Waals surface area contributed by atoms with E-state index in [0.29, 0.717) is 11.9 Å². The van der Waals surface area contributed by atoms with E-state index in [2.05, 4.69) is 45.9 Å². The minimum atomic E-state index is 0.0761. The van der Waals surface area contributed by atoms with Crippen molar-refractivity contribution in [1.29, 1.82) is 0 Å². The van der Waals surface area contributed by atoms with Crippen LogP contribution in [0.1, 0.15) is 64.1 Å². The summed E-state index contributed by atoms with van der Waals surface area (Å²) in [6.45, 7) is 14.3. The highest BCUT2D eigenvalue weighted by Crippen LogP contribution is 2.20. The van der Waals surface area contributed by atoms with Crippen LogP contribution in [-0.4, -0.2) is 89.1 Å². The van der Waals surface area contributed by atoms with Crippen LogP contribution in [0.3, 0.4) is 0 Å². The fraction of sp³-hybridized carbons (Fsp3) is 0.800. The summed E-state index contributed by atoms with van der Waals surface area (Å²) < 4.78 is 0. The third-order valence-corrected chi connectivity index (χ3v) is 7.05. The number of piperidine rings is 1. The van der Waals surface area contributed by atoms with Crippen molar-refractivity contribution in [3.63, 3.8) is 0 Å². The van der Waals surface area contributed by atoms with Crippen molar-refractivity contribution in [3.8, 4) is 0 Å². The molecule has 3 heterocycles. The summed E-state index contributed by atoms with van der Waals surface area (Å²) in [6.07, 6.45) is 9.62. The molecule has 1 aromatic heterocycles.